The Labute approximate surface area is 91.6 Å². The molecule has 0 aliphatic carbocycles. The van der Waals surface area contributed by atoms with Crippen LogP contribution in [0.3, 0.4) is 0 Å². The Morgan fingerprint density at radius 3 is 2.80 bits per heavy atom. The monoisotopic (exact) mass is 208 g/mol. The van der Waals surface area contributed by atoms with Gasteiger partial charge < -0.3 is 15.8 Å². The second kappa shape index (κ2) is 6.30. The van der Waals surface area contributed by atoms with Crippen LogP contribution in [0.1, 0.15) is 18.9 Å². The second-order valence-electron chi connectivity index (χ2n) is 3.61. The lowest BCUT2D eigenvalue weighted by Crippen LogP contribution is -2.09. The predicted molar refractivity (Wildman–Crippen MR) is 65.2 cm³/mol. The summed E-state index contributed by atoms with van der Waals surface area (Å²) < 4.78 is 5.37. The van der Waals surface area contributed by atoms with Gasteiger partial charge in [-0.1, -0.05) is 6.92 Å². The summed E-state index contributed by atoms with van der Waals surface area (Å²) in [5.41, 5.74) is 8.77. The Kier molecular flexibility index (Phi) is 4.98. The van der Waals surface area contributed by atoms with Gasteiger partial charge in [0.1, 0.15) is 0 Å². The predicted octanol–water partition coefficient (Wildman–Crippen LogP) is 2.42. The molecule has 1 aromatic carbocycles. The van der Waals surface area contributed by atoms with Gasteiger partial charge in [-0.3, -0.25) is 0 Å². The van der Waals surface area contributed by atoms with Crippen LogP contribution in [0.15, 0.2) is 18.2 Å². The molecule has 0 bridgehead atoms. The fourth-order valence-corrected chi connectivity index (χ4v) is 1.30. The molecule has 0 aliphatic rings. The molecule has 3 N–H and O–H groups in total. The molecule has 84 valence electrons. The molecule has 0 atom stereocenters. The van der Waals surface area contributed by atoms with Crippen molar-refractivity contribution in [2.75, 3.05) is 30.8 Å². The molecule has 0 heterocycles. The van der Waals surface area contributed by atoms with Crippen LogP contribution >= 0.6 is 0 Å². The second-order valence-corrected chi connectivity index (χ2v) is 3.61. The van der Waals surface area contributed by atoms with Crippen molar-refractivity contribution in [1.82, 2.24) is 0 Å². The van der Waals surface area contributed by atoms with Crippen molar-refractivity contribution >= 4 is 11.4 Å². The van der Waals surface area contributed by atoms with E-state index in [2.05, 4.69) is 18.3 Å². The normalized spacial score (nSPS) is 10.3. The van der Waals surface area contributed by atoms with E-state index in [1.54, 1.807) is 0 Å². The van der Waals surface area contributed by atoms with Crippen LogP contribution in [0.25, 0.3) is 0 Å². The fraction of sp³-hybridized carbons (Fsp3) is 0.500. The first-order valence-electron chi connectivity index (χ1n) is 5.41. The molecule has 0 amide bonds. The molecule has 0 spiro atoms. The Bertz CT molecular complexity index is 300. The van der Waals surface area contributed by atoms with Crippen molar-refractivity contribution in [3.63, 3.8) is 0 Å². The molecule has 0 unspecified atom stereocenters. The lowest BCUT2D eigenvalue weighted by Gasteiger charge is -2.08. The van der Waals surface area contributed by atoms with E-state index in [0.29, 0.717) is 0 Å². The highest BCUT2D eigenvalue weighted by atomic mass is 16.5. The number of ether oxygens (including phenoxy) is 1. The van der Waals surface area contributed by atoms with Crippen molar-refractivity contribution in [1.29, 1.82) is 0 Å². The van der Waals surface area contributed by atoms with Gasteiger partial charge in [-0.15, -0.1) is 0 Å². The number of anilines is 2. The van der Waals surface area contributed by atoms with Crippen LogP contribution in [0, 0.1) is 6.92 Å². The van der Waals surface area contributed by atoms with Gasteiger partial charge >= 0.3 is 0 Å². The number of nitrogens with two attached hydrogens (primary N) is 1. The lowest BCUT2D eigenvalue weighted by atomic mass is 10.2. The third-order valence-corrected chi connectivity index (χ3v) is 2.19. The van der Waals surface area contributed by atoms with Crippen molar-refractivity contribution in [2.24, 2.45) is 0 Å². The van der Waals surface area contributed by atoms with E-state index in [1.165, 1.54) is 0 Å². The Balaban J connectivity index is 2.28. The lowest BCUT2D eigenvalue weighted by molar-refractivity contribution is 0.144. The fourth-order valence-electron chi connectivity index (χ4n) is 1.30. The number of nitrogen functional groups attached to an aromatic ring is 1. The van der Waals surface area contributed by atoms with E-state index in [-0.39, 0.29) is 0 Å². The van der Waals surface area contributed by atoms with Crippen LogP contribution in [0.5, 0.6) is 0 Å². The molecular formula is C12H20N2O. The zero-order valence-corrected chi connectivity index (χ0v) is 9.55. The van der Waals surface area contributed by atoms with E-state index in [0.717, 1.165) is 43.1 Å². The summed E-state index contributed by atoms with van der Waals surface area (Å²) in [5.74, 6) is 0. The van der Waals surface area contributed by atoms with Gasteiger partial charge in [-0.05, 0) is 37.1 Å². The molecule has 0 saturated carbocycles. The topological polar surface area (TPSA) is 47.3 Å². The molecule has 0 aliphatic heterocycles. The first kappa shape index (κ1) is 11.9. The van der Waals surface area contributed by atoms with Crippen LogP contribution in [0.2, 0.25) is 0 Å². The summed E-state index contributed by atoms with van der Waals surface area (Å²) in [7, 11) is 0. The van der Waals surface area contributed by atoms with Gasteiger partial charge in [0, 0.05) is 24.5 Å². The summed E-state index contributed by atoms with van der Waals surface area (Å²) in [4.78, 5) is 0. The molecule has 3 heteroatoms. The number of hydrogen-bond donors (Lipinski definition) is 2. The zero-order valence-electron chi connectivity index (χ0n) is 9.55. The molecule has 3 nitrogen and oxygen atoms in total. The number of benzene rings is 1. The summed E-state index contributed by atoms with van der Waals surface area (Å²) in [6.45, 7) is 6.54. The quantitative estimate of drug-likeness (QED) is 0.557. The van der Waals surface area contributed by atoms with Crippen molar-refractivity contribution in [3.8, 4) is 0 Å². The third kappa shape index (κ3) is 4.21. The van der Waals surface area contributed by atoms with Crippen LogP contribution < -0.4 is 11.1 Å². The summed E-state index contributed by atoms with van der Waals surface area (Å²) in [5, 5.41) is 3.29. The molecule has 0 aromatic heterocycles. The van der Waals surface area contributed by atoms with Gasteiger partial charge in [-0.2, -0.15) is 0 Å². The first-order valence-corrected chi connectivity index (χ1v) is 5.41. The smallest absolute Gasteiger partial charge is 0.0639 e. The average Bonchev–Trinajstić information content (AvgIpc) is 2.23. The molecule has 0 saturated heterocycles. The molecule has 1 aromatic rings. The summed E-state index contributed by atoms with van der Waals surface area (Å²) in [6, 6.07) is 5.96. The zero-order chi connectivity index (χ0) is 11.1. The van der Waals surface area contributed by atoms with E-state index >= 15 is 0 Å². The van der Waals surface area contributed by atoms with E-state index in [1.807, 2.05) is 19.1 Å². The minimum Gasteiger partial charge on any atom is -0.399 e. The maximum absolute atomic E-state index is 5.73. The summed E-state index contributed by atoms with van der Waals surface area (Å²) in [6.07, 6.45) is 1.07. The first-order chi connectivity index (χ1) is 7.24. The molecule has 0 fully saturated rings. The molecule has 0 radical (unpaired) electrons. The van der Waals surface area contributed by atoms with Gasteiger partial charge in [0.25, 0.3) is 0 Å². The third-order valence-electron chi connectivity index (χ3n) is 2.19. The SMILES string of the molecule is CCCOCCNc1ccc(N)c(C)c1. The Morgan fingerprint density at radius 1 is 1.33 bits per heavy atom. The number of rotatable bonds is 6. The van der Waals surface area contributed by atoms with E-state index < -0.39 is 0 Å². The number of nitrogens with one attached hydrogen (secondary N) is 1. The summed E-state index contributed by atoms with van der Waals surface area (Å²) >= 11 is 0. The highest BCUT2D eigenvalue weighted by Crippen LogP contribution is 2.15. The van der Waals surface area contributed by atoms with Crippen molar-refractivity contribution < 1.29 is 4.74 Å². The van der Waals surface area contributed by atoms with Gasteiger partial charge in [-0.25, -0.2) is 0 Å². The van der Waals surface area contributed by atoms with Crippen LogP contribution in [-0.4, -0.2) is 19.8 Å². The number of hydrogen-bond acceptors (Lipinski definition) is 3. The largest absolute Gasteiger partial charge is 0.399 e. The molecule has 15 heavy (non-hydrogen) atoms. The van der Waals surface area contributed by atoms with Gasteiger partial charge in [0.05, 0.1) is 6.61 Å². The van der Waals surface area contributed by atoms with Gasteiger partial charge in [0.15, 0.2) is 0 Å². The van der Waals surface area contributed by atoms with Crippen LogP contribution in [-0.2, 0) is 4.74 Å². The average molecular weight is 208 g/mol. The Morgan fingerprint density at radius 2 is 2.13 bits per heavy atom. The van der Waals surface area contributed by atoms with Crippen molar-refractivity contribution in [2.45, 2.75) is 20.3 Å². The number of aryl methyl sites for hydroxylation is 1. The highest BCUT2D eigenvalue weighted by molar-refractivity contribution is 5.56. The standard InChI is InChI=1S/C12H20N2O/c1-3-7-15-8-6-14-11-4-5-12(13)10(2)9-11/h4-5,9,14H,3,6-8,13H2,1-2H3. The minimum atomic E-state index is 0.747. The van der Waals surface area contributed by atoms with E-state index in [4.69, 9.17) is 10.5 Å². The maximum Gasteiger partial charge on any atom is 0.0639 e. The van der Waals surface area contributed by atoms with Crippen LogP contribution in [0.4, 0.5) is 11.4 Å². The van der Waals surface area contributed by atoms with E-state index in [9.17, 15) is 0 Å². The Hall–Kier alpha value is -1.22. The molecular weight excluding hydrogens is 188 g/mol. The minimum absolute atomic E-state index is 0.747. The van der Waals surface area contributed by atoms with Crippen molar-refractivity contribution in [3.05, 3.63) is 23.8 Å². The highest BCUT2D eigenvalue weighted by Gasteiger charge is 1.95. The van der Waals surface area contributed by atoms with Gasteiger partial charge in [0.2, 0.25) is 0 Å². The molecule has 1 rings (SSSR count). The maximum atomic E-state index is 5.73.